The highest BCUT2D eigenvalue weighted by atomic mass is 16.5. The number of nitrogens with one attached hydrogen (secondary N) is 4. The molecule has 4 N–H and O–H groups in total. The summed E-state index contributed by atoms with van der Waals surface area (Å²) in [6.07, 6.45) is 2.64. The second kappa shape index (κ2) is 22.1. The predicted octanol–water partition coefficient (Wildman–Crippen LogP) is 7.51. The summed E-state index contributed by atoms with van der Waals surface area (Å²) in [6, 6.07) is 46.9. The SMILES string of the molecule is CC(C)C[C@H](NC(=O)OCc1ccccc1)C(=O)N[C@@H](Cc1ccccc1)C(=O)N[C@H](/C=C/C#N)CCC(=O)NC(c1ccccc1)(c1ccccc1)c1ccccc1. The number of allylic oxidation sites excluding steroid dienone is 1. The zero-order valence-corrected chi connectivity index (χ0v) is 33.4. The summed E-state index contributed by atoms with van der Waals surface area (Å²) in [5.74, 6) is -1.31. The average molecular weight is 790 g/mol. The van der Waals surface area contributed by atoms with E-state index in [9.17, 15) is 24.4 Å². The van der Waals surface area contributed by atoms with Crippen LogP contribution in [0.3, 0.4) is 0 Å². The Labute approximate surface area is 346 Å². The van der Waals surface area contributed by atoms with Gasteiger partial charge < -0.3 is 26.0 Å². The molecule has 0 aliphatic rings. The minimum atomic E-state index is -1.06. The minimum Gasteiger partial charge on any atom is -0.445 e. The molecule has 0 saturated carbocycles. The van der Waals surface area contributed by atoms with Gasteiger partial charge in [-0.15, -0.1) is 0 Å². The Kier molecular flexibility index (Phi) is 16.1. The van der Waals surface area contributed by atoms with Crippen molar-refractivity contribution in [2.75, 3.05) is 0 Å². The van der Waals surface area contributed by atoms with Crippen LogP contribution < -0.4 is 21.3 Å². The predicted molar refractivity (Wildman–Crippen MR) is 228 cm³/mol. The first-order valence-corrected chi connectivity index (χ1v) is 19.8. The Morgan fingerprint density at radius 2 is 1.12 bits per heavy atom. The second-order valence-electron chi connectivity index (χ2n) is 14.7. The van der Waals surface area contributed by atoms with Gasteiger partial charge in [0.15, 0.2) is 0 Å². The number of carbonyl (C=O) groups is 4. The fourth-order valence-electron chi connectivity index (χ4n) is 6.94. The van der Waals surface area contributed by atoms with Crippen LogP contribution in [-0.2, 0) is 37.7 Å². The van der Waals surface area contributed by atoms with E-state index in [0.717, 1.165) is 27.8 Å². The molecule has 0 unspecified atom stereocenters. The number of carbonyl (C=O) groups excluding carboxylic acids is 4. The lowest BCUT2D eigenvalue weighted by molar-refractivity contribution is -0.130. The zero-order chi connectivity index (χ0) is 41.9. The number of hydrogen-bond acceptors (Lipinski definition) is 6. The van der Waals surface area contributed by atoms with Crippen LogP contribution in [0.4, 0.5) is 4.79 Å². The van der Waals surface area contributed by atoms with Crippen LogP contribution in [0.15, 0.2) is 164 Å². The van der Waals surface area contributed by atoms with Crippen molar-refractivity contribution < 1.29 is 23.9 Å². The molecule has 0 aromatic heterocycles. The first kappa shape index (κ1) is 43.1. The van der Waals surface area contributed by atoms with Crippen molar-refractivity contribution in [2.45, 2.75) is 69.8 Å². The van der Waals surface area contributed by atoms with Gasteiger partial charge in [-0.25, -0.2) is 4.79 Å². The Balaban J connectivity index is 1.33. The summed E-state index contributed by atoms with van der Waals surface area (Å²) >= 11 is 0. The van der Waals surface area contributed by atoms with Crippen molar-refractivity contribution in [2.24, 2.45) is 5.92 Å². The molecular formula is C49H51N5O5. The van der Waals surface area contributed by atoms with E-state index in [1.54, 1.807) is 0 Å². The highest BCUT2D eigenvalue weighted by Gasteiger charge is 2.38. The van der Waals surface area contributed by atoms with Crippen molar-refractivity contribution >= 4 is 23.8 Å². The summed E-state index contributed by atoms with van der Waals surface area (Å²) in [5.41, 5.74) is 3.18. The molecule has 5 rings (SSSR count). The third kappa shape index (κ3) is 12.8. The highest BCUT2D eigenvalue weighted by Crippen LogP contribution is 2.37. The number of nitrogens with zero attached hydrogens (tertiary/aromatic N) is 1. The van der Waals surface area contributed by atoms with E-state index in [1.807, 2.05) is 172 Å². The third-order valence-corrected chi connectivity index (χ3v) is 9.80. The van der Waals surface area contributed by atoms with Gasteiger partial charge in [-0.2, -0.15) is 5.26 Å². The number of nitriles is 1. The zero-order valence-electron chi connectivity index (χ0n) is 33.4. The standard InChI is InChI=1S/C49H51N5O5/c1-36(2)33-43(53-48(58)59-35-38-21-10-4-11-22-38)47(57)52-44(34-37-19-8-3-9-20-37)46(56)51-42(29-18-32-50)30-31-45(55)54-49(39-23-12-5-13-24-39,40-25-14-6-15-26-40)41-27-16-7-17-28-41/h3-29,36,42-44H,30-31,33-35H2,1-2H3,(H,51,56)(H,52,57)(H,53,58)(H,54,55)/b29-18+/t42-,43+,44+/m1/s1. The van der Waals surface area contributed by atoms with E-state index in [4.69, 9.17) is 4.74 Å². The number of alkyl carbamates (subject to hydrolysis) is 1. The second-order valence-corrected chi connectivity index (χ2v) is 14.7. The molecule has 59 heavy (non-hydrogen) atoms. The lowest BCUT2D eigenvalue weighted by Gasteiger charge is -2.37. The van der Waals surface area contributed by atoms with E-state index in [0.29, 0.717) is 6.42 Å². The quantitative estimate of drug-likeness (QED) is 0.0503. The monoisotopic (exact) mass is 789 g/mol. The maximum atomic E-state index is 14.2. The lowest BCUT2D eigenvalue weighted by atomic mass is 9.77. The summed E-state index contributed by atoms with van der Waals surface area (Å²) < 4.78 is 5.40. The summed E-state index contributed by atoms with van der Waals surface area (Å²) in [7, 11) is 0. The molecule has 5 aromatic carbocycles. The van der Waals surface area contributed by atoms with Gasteiger partial charge in [0.2, 0.25) is 17.7 Å². The molecule has 0 spiro atoms. The highest BCUT2D eigenvalue weighted by molar-refractivity contribution is 5.91. The molecule has 0 radical (unpaired) electrons. The number of hydrogen-bond donors (Lipinski definition) is 4. The fraction of sp³-hybridized carbons (Fsp3) is 0.245. The van der Waals surface area contributed by atoms with E-state index >= 15 is 0 Å². The number of rotatable bonds is 19. The molecule has 10 nitrogen and oxygen atoms in total. The number of benzene rings is 5. The number of ether oxygens (including phenoxy) is 1. The molecule has 0 saturated heterocycles. The van der Waals surface area contributed by atoms with Crippen molar-refractivity contribution in [3.63, 3.8) is 0 Å². The Hall–Kier alpha value is -6.99. The van der Waals surface area contributed by atoms with Crippen LogP contribution in [-0.4, -0.2) is 41.9 Å². The lowest BCUT2D eigenvalue weighted by Crippen LogP contribution is -2.55. The Morgan fingerprint density at radius 1 is 0.644 bits per heavy atom. The molecule has 10 heteroatoms. The van der Waals surface area contributed by atoms with Crippen LogP contribution in [0.5, 0.6) is 0 Å². The summed E-state index contributed by atoms with van der Waals surface area (Å²) in [6.45, 7) is 3.89. The van der Waals surface area contributed by atoms with E-state index in [-0.39, 0.29) is 37.7 Å². The molecule has 0 heterocycles. The molecule has 0 bridgehead atoms. The number of amides is 4. The largest absolute Gasteiger partial charge is 0.445 e. The topological polar surface area (TPSA) is 149 Å². The van der Waals surface area contributed by atoms with Crippen LogP contribution in [0.1, 0.15) is 60.9 Å². The van der Waals surface area contributed by atoms with Crippen LogP contribution in [0.25, 0.3) is 0 Å². The molecule has 5 aromatic rings. The van der Waals surface area contributed by atoms with Gasteiger partial charge in [0.1, 0.15) is 24.2 Å². The molecule has 4 amide bonds. The van der Waals surface area contributed by atoms with E-state index in [1.165, 1.54) is 12.2 Å². The van der Waals surface area contributed by atoms with Gasteiger partial charge in [-0.1, -0.05) is 172 Å². The molecule has 3 atom stereocenters. The molecule has 0 aliphatic carbocycles. The molecule has 0 fully saturated rings. The van der Waals surface area contributed by atoms with Crippen LogP contribution in [0.2, 0.25) is 0 Å². The third-order valence-electron chi connectivity index (χ3n) is 9.80. The maximum absolute atomic E-state index is 14.2. The van der Waals surface area contributed by atoms with Crippen LogP contribution in [0, 0.1) is 17.2 Å². The van der Waals surface area contributed by atoms with E-state index in [2.05, 4.69) is 21.3 Å². The van der Waals surface area contributed by atoms with Crippen molar-refractivity contribution in [3.05, 3.63) is 192 Å². The molecule has 302 valence electrons. The Bertz CT molecular complexity index is 2060. The van der Waals surface area contributed by atoms with Crippen molar-refractivity contribution in [1.29, 1.82) is 5.26 Å². The van der Waals surface area contributed by atoms with Crippen LogP contribution >= 0.6 is 0 Å². The normalized spacial score (nSPS) is 12.7. The fourth-order valence-corrected chi connectivity index (χ4v) is 6.94. The van der Waals surface area contributed by atoms with Gasteiger partial charge in [-0.3, -0.25) is 14.4 Å². The van der Waals surface area contributed by atoms with E-state index < -0.39 is 41.6 Å². The van der Waals surface area contributed by atoms with Gasteiger partial charge >= 0.3 is 6.09 Å². The summed E-state index contributed by atoms with van der Waals surface area (Å²) in [4.78, 5) is 55.0. The smallest absolute Gasteiger partial charge is 0.408 e. The minimum absolute atomic E-state index is 0.00382. The molecular weight excluding hydrogens is 739 g/mol. The maximum Gasteiger partial charge on any atom is 0.408 e. The van der Waals surface area contributed by atoms with Gasteiger partial charge in [0.25, 0.3) is 0 Å². The molecule has 0 aliphatic heterocycles. The summed E-state index contributed by atoms with van der Waals surface area (Å²) in [5, 5.41) is 21.3. The first-order valence-electron chi connectivity index (χ1n) is 19.8. The van der Waals surface area contributed by atoms with Crippen molar-refractivity contribution in [3.8, 4) is 6.07 Å². The Morgan fingerprint density at radius 3 is 1.61 bits per heavy atom. The average Bonchev–Trinajstić information content (AvgIpc) is 3.26. The van der Waals surface area contributed by atoms with Gasteiger partial charge in [0.05, 0.1) is 6.07 Å². The first-order chi connectivity index (χ1) is 28.7. The van der Waals surface area contributed by atoms with Gasteiger partial charge in [0, 0.05) is 25.0 Å². The van der Waals surface area contributed by atoms with Crippen molar-refractivity contribution in [1.82, 2.24) is 21.3 Å². The van der Waals surface area contributed by atoms with Gasteiger partial charge in [-0.05, 0) is 46.6 Å².